The van der Waals surface area contributed by atoms with Crippen LogP contribution in [0.25, 0.3) is 0 Å². The second kappa shape index (κ2) is 10.5. The van der Waals surface area contributed by atoms with E-state index < -0.39 is 0 Å². The van der Waals surface area contributed by atoms with Crippen molar-refractivity contribution < 1.29 is 0 Å². The van der Waals surface area contributed by atoms with E-state index >= 15 is 0 Å². The van der Waals surface area contributed by atoms with Gasteiger partial charge in [-0.05, 0) is 48.9 Å². The van der Waals surface area contributed by atoms with Gasteiger partial charge in [-0.15, -0.1) is 0 Å². The molecule has 2 nitrogen and oxygen atoms in total. The molecule has 2 aromatic rings. The van der Waals surface area contributed by atoms with Crippen LogP contribution in [0.4, 0.5) is 0 Å². The third kappa shape index (κ3) is 5.96. The molecule has 0 spiro atoms. The molecule has 1 aliphatic rings. The summed E-state index contributed by atoms with van der Waals surface area (Å²) in [5.74, 6) is 0.802. The van der Waals surface area contributed by atoms with Gasteiger partial charge in [0.15, 0.2) is 0 Å². The van der Waals surface area contributed by atoms with Crippen molar-refractivity contribution in [3.05, 3.63) is 71.3 Å². The molecular formula is C24H34N2. The SMILES string of the molecule is CNCCN(CCc1ccccc1)Cc1ccc(C2CCCCC2)cc1. The Morgan fingerprint density at radius 2 is 1.58 bits per heavy atom. The van der Waals surface area contributed by atoms with Crippen LogP contribution >= 0.6 is 0 Å². The van der Waals surface area contributed by atoms with Crippen LogP contribution in [-0.2, 0) is 13.0 Å². The lowest BCUT2D eigenvalue weighted by Gasteiger charge is -2.24. The fourth-order valence-electron chi connectivity index (χ4n) is 4.06. The molecule has 1 fully saturated rings. The first-order chi connectivity index (χ1) is 12.8. The third-order valence-corrected chi connectivity index (χ3v) is 5.70. The first kappa shape index (κ1) is 19.1. The van der Waals surface area contributed by atoms with Gasteiger partial charge in [-0.25, -0.2) is 0 Å². The van der Waals surface area contributed by atoms with E-state index in [9.17, 15) is 0 Å². The Morgan fingerprint density at radius 1 is 0.846 bits per heavy atom. The maximum Gasteiger partial charge on any atom is 0.0234 e. The van der Waals surface area contributed by atoms with Crippen LogP contribution in [-0.4, -0.2) is 31.6 Å². The summed E-state index contributed by atoms with van der Waals surface area (Å²) < 4.78 is 0. The second-order valence-electron chi connectivity index (χ2n) is 7.69. The molecule has 0 unspecified atom stereocenters. The van der Waals surface area contributed by atoms with Crippen LogP contribution in [0.1, 0.15) is 54.7 Å². The van der Waals surface area contributed by atoms with Crippen LogP contribution in [0.15, 0.2) is 54.6 Å². The summed E-state index contributed by atoms with van der Waals surface area (Å²) >= 11 is 0. The monoisotopic (exact) mass is 350 g/mol. The standard InChI is InChI=1S/C24H34N2/c1-25-17-19-26(18-16-21-8-4-2-5-9-21)20-22-12-14-24(15-13-22)23-10-6-3-7-11-23/h2,4-5,8-9,12-15,23,25H,3,6-7,10-11,16-20H2,1H3. The average Bonchev–Trinajstić information content (AvgIpc) is 2.72. The highest BCUT2D eigenvalue weighted by Gasteiger charge is 2.15. The molecule has 1 saturated carbocycles. The number of nitrogens with zero attached hydrogens (tertiary/aromatic N) is 1. The minimum atomic E-state index is 0.802. The highest BCUT2D eigenvalue weighted by Crippen LogP contribution is 2.32. The zero-order valence-corrected chi connectivity index (χ0v) is 16.3. The molecule has 0 aliphatic heterocycles. The quantitative estimate of drug-likeness (QED) is 0.685. The molecule has 140 valence electrons. The molecule has 3 rings (SSSR count). The summed E-state index contributed by atoms with van der Waals surface area (Å²) in [4.78, 5) is 2.57. The largest absolute Gasteiger partial charge is 0.318 e. The smallest absolute Gasteiger partial charge is 0.0234 e. The zero-order valence-electron chi connectivity index (χ0n) is 16.3. The van der Waals surface area contributed by atoms with Gasteiger partial charge in [0.05, 0.1) is 0 Å². The Hall–Kier alpha value is -1.64. The van der Waals surface area contributed by atoms with E-state index in [1.807, 2.05) is 7.05 Å². The van der Waals surface area contributed by atoms with Gasteiger partial charge in [0.2, 0.25) is 0 Å². The van der Waals surface area contributed by atoms with E-state index in [0.717, 1.165) is 38.5 Å². The van der Waals surface area contributed by atoms with Crippen molar-refractivity contribution in [2.45, 2.75) is 51.0 Å². The average molecular weight is 351 g/mol. The van der Waals surface area contributed by atoms with Crippen LogP contribution in [0, 0.1) is 0 Å². The van der Waals surface area contributed by atoms with Crippen LogP contribution in [0.5, 0.6) is 0 Å². The molecule has 2 heteroatoms. The van der Waals surface area contributed by atoms with Crippen molar-refractivity contribution in [1.29, 1.82) is 0 Å². The highest BCUT2D eigenvalue weighted by atomic mass is 15.1. The van der Waals surface area contributed by atoms with E-state index in [4.69, 9.17) is 0 Å². The van der Waals surface area contributed by atoms with E-state index in [0.29, 0.717) is 0 Å². The van der Waals surface area contributed by atoms with Crippen molar-refractivity contribution in [3.8, 4) is 0 Å². The second-order valence-corrected chi connectivity index (χ2v) is 7.69. The van der Waals surface area contributed by atoms with Gasteiger partial charge in [-0.1, -0.05) is 73.9 Å². The van der Waals surface area contributed by atoms with Crippen LogP contribution in [0.3, 0.4) is 0 Å². The molecule has 0 atom stereocenters. The van der Waals surface area contributed by atoms with E-state index in [2.05, 4.69) is 64.8 Å². The van der Waals surface area contributed by atoms with Gasteiger partial charge in [0.25, 0.3) is 0 Å². The van der Waals surface area contributed by atoms with Crippen molar-refractivity contribution in [2.75, 3.05) is 26.7 Å². The number of hydrogen-bond acceptors (Lipinski definition) is 2. The fourth-order valence-corrected chi connectivity index (χ4v) is 4.06. The van der Waals surface area contributed by atoms with Crippen molar-refractivity contribution in [1.82, 2.24) is 10.2 Å². The first-order valence-electron chi connectivity index (χ1n) is 10.3. The Balaban J connectivity index is 1.56. The van der Waals surface area contributed by atoms with E-state index in [1.54, 1.807) is 5.56 Å². The van der Waals surface area contributed by atoms with Gasteiger partial charge in [-0.2, -0.15) is 0 Å². The summed E-state index contributed by atoms with van der Waals surface area (Å²) in [6.45, 7) is 4.28. The number of hydrogen-bond donors (Lipinski definition) is 1. The molecule has 0 amide bonds. The van der Waals surface area contributed by atoms with Gasteiger partial charge >= 0.3 is 0 Å². The molecule has 2 aromatic carbocycles. The predicted molar refractivity (Wildman–Crippen MR) is 112 cm³/mol. The van der Waals surface area contributed by atoms with Gasteiger partial charge < -0.3 is 5.32 Å². The molecule has 26 heavy (non-hydrogen) atoms. The van der Waals surface area contributed by atoms with Crippen molar-refractivity contribution in [3.63, 3.8) is 0 Å². The molecule has 0 bridgehead atoms. The Labute approximate surface area is 159 Å². The molecular weight excluding hydrogens is 316 g/mol. The van der Waals surface area contributed by atoms with Gasteiger partial charge in [0.1, 0.15) is 0 Å². The minimum Gasteiger partial charge on any atom is -0.318 e. The summed E-state index contributed by atoms with van der Waals surface area (Å²) in [5.41, 5.74) is 4.42. The summed E-state index contributed by atoms with van der Waals surface area (Å²) in [7, 11) is 2.04. The van der Waals surface area contributed by atoms with Gasteiger partial charge in [0, 0.05) is 26.2 Å². The maximum absolute atomic E-state index is 3.29. The molecule has 0 aromatic heterocycles. The lowest BCUT2D eigenvalue weighted by atomic mass is 9.84. The molecule has 1 N–H and O–H groups in total. The summed E-state index contributed by atoms with van der Waals surface area (Å²) in [5, 5.41) is 3.29. The normalized spacial score (nSPS) is 15.5. The molecule has 0 heterocycles. The minimum absolute atomic E-state index is 0.802. The summed E-state index contributed by atoms with van der Waals surface area (Å²) in [6, 6.07) is 20.3. The van der Waals surface area contributed by atoms with E-state index in [-0.39, 0.29) is 0 Å². The van der Waals surface area contributed by atoms with E-state index in [1.165, 1.54) is 43.2 Å². The Bertz CT molecular complexity index is 614. The lowest BCUT2D eigenvalue weighted by Crippen LogP contribution is -2.32. The highest BCUT2D eigenvalue weighted by molar-refractivity contribution is 5.26. The first-order valence-corrected chi connectivity index (χ1v) is 10.3. The summed E-state index contributed by atoms with van der Waals surface area (Å²) in [6.07, 6.45) is 8.12. The van der Waals surface area contributed by atoms with Crippen LogP contribution in [0.2, 0.25) is 0 Å². The Morgan fingerprint density at radius 3 is 2.27 bits per heavy atom. The van der Waals surface area contributed by atoms with Crippen molar-refractivity contribution >= 4 is 0 Å². The van der Waals surface area contributed by atoms with Crippen molar-refractivity contribution in [2.24, 2.45) is 0 Å². The fraction of sp³-hybridized carbons (Fsp3) is 0.500. The Kier molecular flexibility index (Phi) is 7.72. The number of benzene rings is 2. The number of nitrogens with one attached hydrogen (secondary N) is 1. The predicted octanol–water partition coefficient (Wildman–Crippen LogP) is 5.00. The number of rotatable bonds is 9. The molecule has 0 saturated heterocycles. The van der Waals surface area contributed by atoms with Crippen LogP contribution < -0.4 is 5.32 Å². The topological polar surface area (TPSA) is 15.3 Å². The lowest BCUT2D eigenvalue weighted by molar-refractivity contribution is 0.270. The number of likely N-dealkylation sites (N-methyl/N-ethyl adjacent to an activating group) is 1. The molecule has 1 aliphatic carbocycles. The third-order valence-electron chi connectivity index (χ3n) is 5.70. The zero-order chi connectivity index (χ0) is 18.0. The molecule has 0 radical (unpaired) electrons. The maximum atomic E-state index is 3.29. The van der Waals surface area contributed by atoms with Gasteiger partial charge in [-0.3, -0.25) is 4.90 Å².